The van der Waals surface area contributed by atoms with Crippen molar-refractivity contribution in [2.75, 3.05) is 19.6 Å². The van der Waals surface area contributed by atoms with Crippen molar-refractivity contribution >= 4 is 18.3 Å². The quantitative estimate of drug-likeness (QED) is 0.841. The van der Waals surface area contributed by atoms with Crippen LogP contribution in [0.2, 0.25) is 0 Å². The first-order chi connectivity index (χ1) is 11.3. The number of carbonyl (C=O) groups excluding carboxylic acids is 1. The van der Waals surface area contributed by atoms with Gasteiger partial charge in [-0.1, -0.05) is 37.3 Å². The molecule has 0 saturated carbocycles. The Kier molecular flexibility index (Phi) is 7.57. The molecule has 1 N–H and O–H groups in total. The van der Waals surface area contributed by atoms with E-state index in [0.717, 1.165) is 51.7 Å². The van der Waals surface area contributed by atoms with E-state index in [2.05, 4.69) is 47.5 Å². The molecule has 24 heavy (non-hydrogen) atoms. The molecule has 1 aromatic carbocycles. The fourth-order valence-corrected chi connectivity index (χ4v) is 4.38. The van der Waals surface area contributed by atoms with E-state index in [1.807, 2.05) is 0 Å². The van der Waals surface area contributed by atoms with E-state index in [0.29, 0.717) is 23.8 Å². The Morgan fingerprint density at radius 3 is 2.75 bits per heavy atom. The van der Waals surface area contributed by atoms with Crippen molar-refractivity contribution in [2.24, 2.45) is 5.92 Å². The van der Waals surface area contributed by atoms with Crippen LogP contribution >= 0.6 is 12.4 Å². The molecule has 1 amide bonds. The Morgan fingerprint density at radius 2 is 2.08 bits per heavy atom. The largest absolute Gasteiger partial charge is 0.339 e. The zero-order valence-corrected chi connectivity index (χ0v) is 15.6. The number of likely N-dealkylation sites (tertiary alicyclic amines) is 1. The highest BCUT2D eigenvalue weighted by Gasteiger charge is 2.34. The number of hydrogen-bond donors (Lipinski definition) is 1. The summed E-state index contributed by atoms with van der Waals surface area (Å²) in [5, 5.41) is 3.40. The third-order valence-electron chi connectivity index (χ3n) is 5.68. The van der Waals surface area contributed by atoms with Gasteiger partial charge in [0.2, 0.25) is 5.91 Å². The molecule has 0 bridgehead atoms. The highest BCUT2D eigenvalue weighted by atomic mass is 35.5. The first-order valence-electron chi connectivity index (χ1n) is 9.34. The second-order valence-corrected chi connectivity index (χ2v) is 7.12. The minimum Gasteiger partial charge on any atom is -0.339 e. The molecule has 0 radical (unpaired) electrons. The van der Waals surface area contributed by atoms with Crippen LogP contribution in [0.3, 0.4) is 0 Å². The fraction of sp³-hybridized carbons (Fsp3) is 0.650. The summed E-state index contributed by atoms with van der Waals surface area (Å²) in [4.78, 5) is 15.0. The Hall–Kier alpha value is -1.06. The van der Waals surface area contributed by atoms with Gasteiger partial charge >= 0.3 is 0 Å². The number of amides is 1. The first kappa shape index (κ1) is 19.3. The number of nitrogens with zero attached hydrogens (tertiary/aromatic N) is 1. The molecule has 0 spiro atoms. The van der Waals surface area contributed by atoms with E-state index < -0.39 is 0 Å². The maximum absolute atomic E-state index is 12.8. The molecule has 4 heteroatoms. The minimum absolute atomic E-state index is 0. The molecular weight excluding hydrogens is 320 g/mol. The summed E-state index contributed by atoms with van der Waals surface area (Å²) < 4.78 is 0. The standard InChI is InChI=1S/C20H30N2O.ClH/c1-2-18(17-7-4-3-5-8-17)19-9-6-14-22(19)20(23)11-10-16-12-13-21-15-16;/h3-5,7-8,16,18-19,21H,2,6,9-15H2,1H3;1H. The van der Waals surface area contributed by atoms with Crippen LogP contribution in [0.1, 0.15) is 56.9 Å². The van der Waals surface area contributed by atoms with E-state index in [-0.39, 0.29) is 12.4 Å². The fourth-order valence-electron chi connectivity index (χ4n) is 4.38. The van der Waals surface area contributed by atoms with Crippen LogP contribution in [0.15, 0.2) is 30.3 Å². The van der Waals surface area contributed by atoms with Gasteiger partial charge in [-0.15, -0.1) is 12.4 Å². The van der Waals surface area contributed by atoms with Gasteiger partial charge in [0.1, 0.15) is 0 Å². The molecule has 2 aliphatic heterocycles. The van der Waals surface area contributed by atoms with Crippen molar-refractivity contribution in [3.63, 3.8) is 0 Å². The maximum Gasteiger partial charge on any atom is 0.222 e. The number of benzene rings is 1. The summed E-state index contributed by atoms with van der Waals surface area (Å²) in [7, 11) is 0. The van der Waals surface area contributed by atoms with E-state index in [1.165, 1.54) is 12.0 Å². The molecule has 3 nitrogen and oxygen atoms in total. The predicted octanol–water partition coefficient (Wildman–Crippen LogP) is 3.98. The highest BCUT2D eigenvalue weighted by Crippen LogP contribution is 2.34. The van der Waals surface area contributed by atoms with Gasteiger partial charge in [-0.3, -0.25) is 4.79 Å². The van der Waals surface area contributed by atoms with Crippen LogP contribution in [0.25, 0.3) is 0 Å². The van der Waals surface area contributed by atoms with Gasteiger partial charge < -0.3 is 10.2 Å². The average molecular weight is 351 g/mol. The van der Waals surface area contributed by atoms with Crippen molar-refractivity contribution in [1.29, 1.82) is 0 Å². The van der Waals surface area contributed by atoms with Crippen LogP contribution in [-0.2, 0) is 4.79 Å². The van der Waals surface area contributed by atoms with E-state index >= 15 is 0 Å². The lowest BCUT2D eigenvalue weighted by molar-refractivity contribution is -0.132. The summed E-state index contributed by atoms with van der Waals surface area (Å²) in [5.41, 5.74) is 1.39. The molecule has 0 aliphatic carbocycles. The molecule has 2 heterocycles. The number of rotatable bonds is 6. The summed E-state index contributed by atoms with van der Waals surface area (Å²) in [5.74, 6) is 1.57. The predicted molar refractivity (Wildman–Crippen MR) is 102 cm³/mol. The van der Waals surface area contributed by atoms with Crippen LogP contribution < -0.4 is 5.32 Å². The smallest absolute Gasteiger partial charge is 0.222 e. The minimum atomic E-state index is 0. The van der Waals surface area contributed by atoms with E-state index in [9.17, 15) is 4.79 Å². The second-order valence-electron chi connectivity index (χ2n) is 7.12. The maximum atomic E-state index is 12.8. The lowest BCUT2D eigenvalue weighted by Crippen LogP contribution is -2.39. The van der Waals surface area contributed by atoms with Crippen molar-refractivity contribution in [3.05, 3.63) is 35.9 Å². The van der Waals surface area contributed by atoms with Gasteiger partial charge in [0, 0.05) is 24.9 Å². The summed E-state index contributed by atoms with van der Waals surface area (Å²) in [6.45, 7) is 5.42. The highest BCUT2D eigenvalue weighted by molar-refractivity contribution is 5.85. The molecule has 2 aliphatic rings. The van der Waals surface area contributed by atoms with Gasteiger partial charge in [0.25, 0.3) is 0 Å². The third kappa shape index (κ3) is 4.52. The first-order valence-corrected chi connectivity index (χ1v) is 9.34. The topological polar surface area (TPSA) is 32.3 Å². The van der Waals surface area contributed by atoms with Crippen LogP contribution in [0.4, 0.5) is 0 Å². The Balaban J connectivity index is 0.00000208. The van der Waals surface area contributed by atoms with Gasteiger partial charge in [-0.2, -0.15) is 0 Å². The molecular formula is C20H31ClN2O. The molecule has 3 rings (SSSR count). The lowest BCUT2D eigenvalue weighted by Gasteiger charge is -2.32. The van der Waals surface area contributed by atoms with Gasteiger partial charge in [0.05, 0.1) is 0 Å². The molecule has 3 atom stereocenters. The lowest BCUT2D eigenvalue weighted by atomic mass is 9.87. The van der Waals surface area contributed by atoms with Gasteiger partial charge in [-0.05, 0) is 56.7 Å². The normalized spacial score (nSPS) is 24.6. The molecule has 2 fully saturated rings. The Bertz CT molecular complexity index is 502. The van der Waals surface area contributed by atoms with Crippen molar-refractivity contribution < 1.29 is 4.79 Å². The SMILES string of the molecule is CCC(c1ccccc1)C1CCCN1C(=O)CCC1CCNC1.Cl. The van der Waals surface area contributed by atoms with Crippen molar-refractivity contribution in [1.82, 2.24) is 10.2 Å². The molecule has 2 saturated heterocycles. The number of hydrogen-bond acceptors (Lipinski definition) is 2. The van der Waals surface area contributed by atoms with Crippen molar-refractivity contribution in [2.45, 2.75) is 57.4 Å². The third-order valence-corrected chi connectivity index (χ3v) is 5.68. The van der Waals surface area contributed by atoms with E-state index in [1.54, 1.807) is 0 Å². The van der Waals surface area contributed by atoms with Crippen LogP contribution in [-0.4, -0.2) is 36.5 Å². The van der Waals surface area contributed by atoms with Gasteiger partial charge in [0.15, 0.2) is 0 Å². The van der Waals surface area contributed by atoms with Crippen LogP contribution in [0, 0.1) is 5.92 Å². The summed E-state index contributed by atoms with van der Waals surface area (Å²) >= 11 is 0. The summed E-state index contributed by atoms with van der Waals surface area (Å²) in [6.07, 6.45) is 6.43. The van der Waals surface area contributed by atoms with Crippen molar-refractivity contribution in [3.8, 4) is 0 Å². The average Bonchev–Trinajstić information content (AvgIpc) is 3.26. The second kappa shape index (κ2) is 9.43. The monoisotopic (exact) mass is 350 g/mol. The molecule has 3 unspecified atom stereocenters. The Labute approximate surface area is 152 Å². The Morgan fingerprint density at radius 1 is 1.29 bits per heavy atom. The van der Waals surface area contributed by atoms with Gasteiger partial charge in [-0.25, -0.2) is 0 Å². The zero-order valence-electron chi connectivity index (χ0n) is 14.7. The molecule has 0 aromatic heterocycles. The molecule has 134 valence electrons. The number of carbonyl (C=O) groups is 1. The number of nitrogens with one attached hydrogen (secondary N) is 1. The van der Waals surface area contributed by atoms with Crippen LogP contribution in [0.5, 0.6) is 0 Å². The van der Waals surface area contributed by atoms with E-state index in [4.69, 9.17) is 0 Å². The summed E-state index contributed by atoms with van der Waals surface area (Å²) in [6, 6.07) is 11.2. The molecule has 1 aromatic rings. The number of halogens is 1. The zero-order chi connectivity index (χ0) is 16.1.